The number of thioether (sulfide) groups is 1. The molecule has 1 heterocycles. The molecule has 0 aliphatic carbocycles. The van der Waals surface area contributed by atoms with Gasteiger partial charge in [0, 0.05) is 5.56 Å². The molecule has 0 saturated carbocycles. The molecule has 158 valence electrons. The van der Waals surface area contributed by atoms with Crippen molar-refractivity contribution in [3.63, 3.8) is 0 Å². The van der Waals surface area contributed by atoms with Crippen LogP contribution in [0.5, 0.6) is 17.2 Å². The maximum atomic E-state index is 13.6. The molecule has 0 saturated heterocycles. The number of nitrogens with one attached hydrogen (secondary N) is 1. The molecule has 2 aromatic carbocycles. The van der Waals surface area contributed by atoms with Crippen LogP contribution in [0.1, 0.15) is 0 Å². The third kappa shape index (κ3) is 4.62. The van der Waals surface area contributed by atoms with Gasteiger partial charge in [-0.15, -0.1) is 10.2 Å². The average molecular weight is 437 g/mol. The van der Waals surface area contributed by atoms with Crippen molar-refractivity contribution in [2.24, 2.45) is 0 Å². The molecule has 0 bridgehead atoms. The SMILES string of the molecule is COc1cc(-c2nnc(SCC(=O)Nc3c(F)cccc3F)o2)cc(OC)c1OC. The maximum absolute atomic E-state index is 13.6. The number of anilines is 1. The molecular formula is C19H17F2N3O5S. The third-order valence-electron chi connectivity index (χ3n) is 3.87. The van der Waals surface area contributed by atoms with E-state index in [0.717, 1.165) is 23.9 Å². The summed E-state index contributed by atoms with van der Waals surface area (Å²) in [5.41, 5.74) is 0.00784. The van der Waals surface area contributed by atoms with E-state index in [4.69, 9.17) is 18.6 Å². The van der Waals surface area contributed by atoms with Crippen LogP contribution in [0.25, 0.3) is 11.5 Å². The Morgan fingerprint density at radius 1 is 1.07 bits per heavy atom. The smallest absolute Gasteiger partial charge is 0.277 e. The van der Waals surface area contributed by atoms with E-state index in [1.54, 1.807) is 12.1 Å². The van der Waals surface area contributed by atoms with Crippen LogP contribution in [0, 0.1) is 11.6 Å². The highest BCUT2D eigenvalue weighted by molar-refractivity contribution is 7.99. The fraction of sp³-hybridized carbons (Fsp3) is 0.211. The lowest BCUT2D eigenvalue weighted by Gasteiger charge is -2.12. The van der Waals surface area contributed by atoms with Crippen LogP contribution in [0.4, 0.5) is 14.5 Å². The van der Waals surface area contributed by atoms with Gasteiger partial charge in [-0.25, -0.2) is 8.78 Å². The number of amides is 1. The van der Waals surface area contributed by atoms with Crippen molar-refractivity contribution in [3.05, 3.63) is 42.0 Å². The first-order valence-corrected chi connectivity index (χ1v) is 9.46. The number of para-hydroxylation sites is 1. The molecular weight excluding hydrogens is 420 g/mol. The van der Waals surface area contributed by atoms with Crippen LogP contribution >= 0.6 is 11.8 Å². The predicted molar refractivity (Wildman–Crippen MR) is 105 cm³/mol. The van der Waals surface area contributed by atoms with Crippen LogP contribution in [-0.4, -0.2) is 43.2 Å². The first-order valence-electron chi connectivity index (χ1n) is 8.47. The minimum atomic E-state index is -0.865. The van der Waals surface area contributed by atoms with Gasteiger partial charge < -0.3 is 23.9 Å². The van der Waals surface area contributed by atoms with Gasteiger partial charge in [0.1, 0.15) is 17.3 Å². The Bertz CT molecular complexity index is 1020. The fourth-order valence-electron chi connectivity index (χ4n) is 2.51. The molecule has 11 heteroatoms. The molecule has 1 aromatic heterocycles. The molecule has 1 amide bonds. The Morgan fingerprint density at radius 2 is 1.70 bits per heavy atom. The van der Waals surface area contributed by atoms with E-state index in [9.17, 15) is 13.6 Å². The van der Waals surface area contributed by atoms with Crippen LogP contribution in [0.15, 0.2) is 40.0 Å². The summed E-state index contributed by atoms with van der Waals surface area (Å²) in [4.78, 5) is 12.0. The quantitative estimate of drug-likeness (QED) is 0.532. The minimum Gasteiger partial charge on any atom is -0.493 e. The number of methoxy groups -OCH3 is 3. The van der Waals surface area contributed by atoms with Gasteiger partial charge >= 0.3 is 0 Å². The molecule has 0 fully saturated rings. The fourth-order valence-corrected chi connectivity index (χ4v) is 3.07. The van der Waals surface area contributed by atoms with Gasteiger partial charge in [0.15, 0.2) is 11.5 Å². The van der Waals surface area contributed by atoms with E-state index in [1.807, 2.05) is 0 Å². The normalized spacial score (nSPS) is 10.6. The number of benzene rings is 2. The summed E-state index contributed by atoms with van der Waals surface area (Å²) in [5, 5.41) is 10.1. The van der Waals surface area contributed by atoms with Gasteiger partial charge in [-0.3, -0.25) is 4.79 Å². The molecule has 0 atom stereocenters. The Labute approximate surface area is 174 Å². The van der Waals surface area contributed by atoms with Crippen molar-refractivity contribution in [1.82, 2.24) is 10.2 Å². The van der Waals surface area contributed by atoms with Crippen LogP contribution < -0.4 is 19.5 Å². The van der Waals surface area contributed by atoms with Crippen molar-refractivity contribution in [2.45, 2.75) is 5.22 Å². The van der Waals surface area contributed by atoms with E-state index in [-0.39, 0.29) is 16.9 Å². The molecule has 3 aromatic rings. The molecule has 0 aliphatic heterocycles. The average Bonchev–Trinajstić information content (AvgIpc) is 3.23. The second-order valence-electron chi connectivity index (χ2n) is 5.72. The van der Waals surface area contributed by atoms with E-state index in [2.05, 4.69) is 15.5 Å². The lowest BCUT2D eigenvalue weighted by Crippen LogP contribution is -2.16. The van der Waals surface area contributed by atoms with Crippen molar-refractivity contribution in [1.29, 1.82) is 0 Å². The zero-order chi connectivity index (χ0) is 21.7. The Morgan fingerprint density at radius 3 is 2.27 bits per heavy atom. The first kappa shape index (κ1) is 21.4. The number of hydrogen-bond donors (Lipinski definition) is 1. The summed E-state index contributed by atoms with van der Waals surface area (Å²) < 4.78 is 48.6. The minimum absolute atomic E-state index is 0.0999. The second kappa shape index (κ2) is 9.44. The Balaban J connectivity index is 1.70. The van der Waals surface area contributed by atoms with Crippen molar-refractivity contribution in [3.8, 4) is 28.7 Å². The molecule has 0 radical (unpaired) electrons. The highest BCUT2D eigenvalue weighted by Gasteiger charge is 2.18. The van der Waals surface area contributed by atoms with Crippen molar-refractivity contribution >= 4 is 23.4 Å². The number of carbonyl (C=O) groups excluding carboxylic acids is 1. The Kier molecular flexibility index (Phi) is 6.72. The van der Waals surface area contributed by atoms with Gasteiger partial charge in [-0.05, 0) is 24.3 Å². The van der Waals surface area contributed by atoms with E-state index in [1.165, 1.54) is 27.4 Å². The van der Waals surface area contributed by atoms with Crippen molar-refractivity contribution < 1.29 is 32.2 Å². The number of rotatable bonds is 8. The number of hydrogen-bond acceptors (Lipinski definition) is 8. The third-order valence-corrected chi connectivity index (χ3v) is 4.69. The van der Waals surface area contributed by atoms with Gasteiger partial charge in [0.2, 0.25) is 17.5 Å². The Hall–Kier alpha value is -3.34. The predicted octanol–water partition coefficient (Wildman–Crippen LogP) is 3.77. The topological polar surface area (TPSA) is 95.7 Å². The van der Waals surface area contributed by atoms with Gasteiger partial charge in [0.25, 0.3) is 5.22 Å². The van der Waals surface area contributed by atoms with Gasteiger partial charge in [-0.2, -0.15) is 0 Å². The zero-order valence-corrected chi connectivity index (χ0v) is 17.0. The summed E-state index contributed by atoms with van der Waals surface area (Å²) in [6.45, 7) is 0. The number of nitrogens with zero attached hydrogens (tertiary/aromatic N) is 2. The van der Waals surface area contributed by atoms with E-state index >= 15 is 0 Å². The summed E-state index contributed by atoms with van der Waals surface area (Å²) in [7, 11) is 4.44. The second-order valence-corrected chi connectivity index (χ2v) is 6.65. The largest absolute Gasteiger partial charge is 0.493 e. The molecule has 30 heavy (non-hydrogen) atoms. The molecule has 0 aliphatic rings. The number of carbonyl (C=O) groups is 1. The van der Waals surface area contributed by atoms with Crippen LogP contribution in [0.2, 0.25) is 0 Å². The van der Waals surface area contributed by atoms with Crippen LogP contribution in [-0.2, 0) is 4.79 Å². The number of halogens is 2. The number of ether oxygens (including phenoxy) is 3. The highest BCUT2D eigenvalue weighted by atomic mass is 32.2. The van der Waals surface area contributed by atoms with E-state index in [0.29, 0.717) is 22.8 Å². The summed E-state index contributed by atoms with van der Waals surface area (Å²) in [6, 6.07) is 6.58. The maximum Gasteiger partial charge on any atom is 0.277 e. The van der Waals surface area contributed by atoms with Crippen molar-refractivity contribution in [2.75, 3.05) is 32.4 Å². The highest BCUT2D eigenvalue weighted by Crippen LogP contribution is 2.41. The molecule has 1 N–H and O–H groups in total. The van der Waals surface area contributed by atoms with Crippen LogP contribution in [0.3, 0.4) is 0 Å². The summed E-state index contributed by atoms with van der Waals surface area (Å²) in [5.74, 6) is -1.16. The van der Waals surface area contributed by atoms with E-state index < -0.39 is 23.2 Å². The zero-order valence-electron chi connectivity index (χ0n) is 16.2. The van der Waals surface area contributed by atoms with Gasteiger partial charge in [0.05, 0.1) is 27.1 Å². The number of aromatic nitrogens is 2. The molecule has 0 spiro atoms. The summed E-state index contributed by atoms with van der Waals surface area (Å²) in [6.07, 6.45) is 0. The first-order chi connectivity index (χ1) is 14.5. The lowest BCUT2D eigenvalue weighted by atomic mass is 10.2. The lowest BCUT2D eigenvalue weighted by molar-refractivity contribution is -0.113. The molecule has 0 unspecified atom stereocenters. The standard InChI is InChI=1S/C19H17F2N3O5S/c1-26-13-7-10(8-14(27-2)17(13)28-3)18-23-24-19(29-18)30-9-15(25)22-16-11(20)5-4-6-12(16)21/h4-8H,9H2,1-3H3,(H,22,25). The summed E-state index contributed by atoms with van der Waals surface area (Å²) >= 11 is 0.918. The molecule has 8 nitrogen and oxygen atoms in total. The monoisotopic (exact) mass is 437 g/mol. The molecule has 3 rings (SSSR count). The van der Waals surface area contributed by atoms with Gasteiger partial charge in [-0.1, -0.05) is 17.8 Å².